The number of benzene rings is 1. The lowest BCUT2D eigenvalue weighted by atomic mass is 9.93. The third kappa shape index (κ3) is 4.60. The number of piperidine rings is 1. The highest BCUT2D eigenvalue weighted by molar-refractivity contribution is 7.09. The Morgan fingerprint density at radius 1 is 1.40 bits per heavy atom. The average molecular weight is 379 g/mol. The molecule has 134 valence electrons. The summed E-state index contributed by atoms with van der Waals surface area (Å²) in [5.74, 6) is -0.250. The summed E-state index contributed by atoms with van der Waals surface area (Å²) in [6.45, 7) is 4.69. The molecule has 1 N–H and O–H groups in total. The molecule has 2 heterocycles. The lowest BCUT2D eigenvalue weighted by molar-refractivity contribution is 0.0693. The molecule has 0 bridgehead atoms. The van der Waals surface area contributed by atoms with E-state index in [4.69, 9.17) is 11.6 Å². The summed E-state index contributed by atoms with van der Waals surface area (Å²) in [6.07, 6.45) is 4.30. The molecule has 1 fully saturated rings. The van der Waals surface area contributed by atoms with Crippen molar-refractivity contribution in [2.24, 2.45) is 5.92 Å². The van der Waals surface area contributed by atoms with Crippen LogP contribution in [0.4, 0.5) is 0 Å². The predicted molar refractivity (Wildman–Crippen MR) is 102 cm³/mol. The second kappa shape index (κ2) is 8.30. The van der Waals surface area contributed by atoms with Crippen molar-refractivity contribution in [2.75, 3.05) is 13.1 Å². The number of carboxylic acid groups (broad SMARTS) is 1. The van der Waals surface area contributed by atoms with E-state index in [0.29, 0.717) is 23.0 Å². The number of rotatable bonds is 6. The summed E-state index contributed by atoms with van der Waals surface area (Å²) in [5.41, 5.74) is 2.23. The van der Waals surface area contributed by atoms with E-state index in [9.17, 15) is 9.90 Å². The lowest BCUT2D eigenvalue weighted by Crippen LogP contribution is -2.34. The summed E-state index contributed by atoms with van der Waals surface area (Å²) in [4.78, 5) is 18.4. The molecule has 1 aliphatic rings. The summed E-state index contributed by atoms with van der Waals surface area (Å²) < 4.78 is 0. The Kier molecular flexibility index (Phi) is 6.10. The quantitative estimate of drug-likeness (QED) is 0.803. The standard InChI is InChI=1S/C19H23ClN2O2S/c1-2-14-12-25-18(21-14)10-13-6-8-22(9-7-13)11-16-15(19(23)24)4-3-5-17(16)20/h3-5,12-13H,2,6-11H2,1H3,(H,23,24). The number of aromatic carboxylic acids is 1. The van der Waals surface area contributed by atoms with Gasteiger partial charge in [0.2, 0.25) is 0 Å². The molecule has 25 heavy (non-hydrogen) atoms. The fourth-order valence-corrected chi connectivity index (χ4v) is 4.57. The molecule has 3 rings (SSSR count). The van der Waals surface area contributed by atoms with Crippen molar-refractivity contribution < 1.29 is 9.90 Å². The van der Waals surface area contributed by atoms with Gasteiger partial charge in [0.15, 0.2) is 0 Å². The highest BCUT2D eigenvalue weighted by Crippen LogP contribution is 2.27. The first-order valence-electron chi connectivity index (χ1n) is 8.73. The Balaban J connectivity index is 1.57. The number of likely N-dealkylation sites (tertiary alicyclic amines) is 1. The van der Waals surface area contributed by atoms with E-state index in [0.717, 1.165) is 44.3 Å². The van der Waals surface area contributed by atoms with Crippen molar-refractivity contribution in [1.82, 2.24) is 9.88 Å². The maximum absolute atomic E-state index is 11.4. The van der Waals surface area contributed by atoms with Gasteiger partial charge >= 0.3 is 5.97 Å². The van der Waals surface area contributed by atoms with Gasteiger partial charge in [-0.2, -0.15) is 0 Å². The lowest BCUT2D eigenvalue weighted by Gasteiger charge is -2.32. The van der Waals surface area contributed by atoms with Gasteiger partial charge in [-0.05, 0) is 56.0 Å². The zero-order valence-electron chi connectivity index (χ0n) is 14.4. The summed E-state index contributed by atoms with van der Waals surface area (Å²) in [5, 5.41) is 13.3. The zero-order chi connectivity index (χ0) is 17.8. The first-order valence-corrected chi connectivity index (χ1v) is 9.99. The molecule has 6 heteroatoms. The van der Waals surface area contributed by atoms with Gasteiger partial charge in [-0.3, -0.25) is 4.90 Å². The topological polar surface area (TPSA) is 53.4 Å². The molecule has 2 aromatic rings. The van der Waals surface area contributed by atoms with Crippen molar-refractivity contribution in [2.45, 2.75) is 39.2 Å². The second-order valence-electron chi connectivity index (χ2n) is 6.58. The highest BCUT2D eigenvalue weighted by Gasteiger charge is 2.23. The largest absolute Gasteiger partial charge is 0.478 e. The van der Waals surface area contributed by atoms with Gasteiger partial charge in [0, 0.05) is 23.4 Å². The smallest absolute Gasteiger partial charge is 0.336 e. The monoisotopic (exact) mass is 378 g/mol. The molecule has 0 unspecified atom stereocenters. The molecule has 0 spiro atoms. The summed E-state index contributed by atoms with van der Waals surface area (Å²) in [7, 11) is 0. The average Bonchev–Trinajstić information content (AvgIpc) is 3.05. The van der Waals surface area contributed by atoms with Gasteiger partial charge in [-0.25, -0.2) is 9.78 Å². The van der Waals surface area contributed by atoms with Gasteiger partial charge in [-0.1, -0.05) is 24.6 Å². The highest BCUT2D eigenvalue weighted by atomic mass is 35.5. The number of hydrogen-bond donors (Lipinski definition) is 1. The Bertz CT molecular complexity index is 739. The van der Waals surface area contributed by atoms with Crippen LogP contribution in [0.3, 0.4) is 0 Å². The molecular weight excluding hydrogens is 356 g/mol. The van der Waals surface area contributed by atoms with E-state index < -0.39 is 5.97 Å². The molecule has 1 aromatic carbocycles. The van der Waals surface area contributed by atoms with Crippen LogP contribution in [0, 0.1) is 5.92 Å². The Labute approximate surface area is 157 Å². The Hall–Kier alpha value is -1.43. The number of hydrogen-bond acceptors (Lipinski definition) is 4. The fourth-order valence-electron chi connectivity index (χ4n) is 3.34. The summed E-state index contributed by atoms with van der Waals surface area (Å²) >= 11 is 8.02. The molecule has 0 aliphatic carbocycles. The van der Waals surface area contributed by atoms with Crippen molar-refractivity contribution in [3.63, 3.8) is 0 Å². The van der Waals surface area contributed by atoms with Crippen molar-refractivity contribution in [3.05, 3.63) is 50.4 Å². The van der Waals surface area contributed by atoms with Crippen molar-refractivity contribution in [3.8, 4) is 0 Å². The minimum atomic E-state index is -0.914. The number of carbonyl (C=O) groups is 1. The number of carboxylic acids is 1. The third-order valence-corrected chi connectivity index (χ3v) is 6.14. The zero-order valence-corrected chi connectivity index (χ0v) is 15.9. The van der Waals surface area contributed by atoms with E-state index >= 15 is 0 Å². The molecule has 0 amide bonds. The maximum atomic E-state index is 11.4. The molecule has 1 aromatic heterocycles. The Morgan fingerprint density at radius 2 is 2.16 bits per heavy atom. The first kappa shape index (κ1) is 18.4. The second-order valence-corrected chi connectivity index (χ2v) is 7.93. The van der Waals surface area contributed by atoms with E-state index in [1.807, 2.05) is 0 Å². The van der Waals surface area contributed by atoms with Crippen molar-refractivity contribution >= 4 is 28.9 Å². The molecule has 4 nitrogen and oxygen atoms in total. The van der Waals surface area contributed by atoms with Crippen LogP contribution in [0.25, 0.3) is 0 Å². The Morgan fingerprint density at radius 3 is 2.80 bits per heavy atom. The minimum Gasteiger partial charge on any atom is -0.478 e. The van der Waals surface area contributed by atoms with Crippen LogP contribution < -0.4 is 0 Å². The molecule has 0 atom stereocenters. The molecular formula is C19H23ClN2O2S. The maximum Gasteiger partial charge on any atom is 0.336 e. The van der Waals surface area contributed by atoms with E-state index in [1.165, 1.54) is 10.7 Å². The predicted octanol–water partition coefficient (Wildman–Crippen LogP) is 4.51. The van der Waals surface area contributed by atoms with Gasteiger partial charge in [0.25, 0.3) is 0 Å². The SMILES string of the molecule is CCc1csc(CC2CCN(Cc3c(Cl)cccc3C(=O)O)CC2)n1. The van der Waals surface area contributed by atoms with Crippen LogP contribution in [-0.4, -0.2) is 34.0 Å². The van der Waals surface area contributed by atoms with Crippen LogP contribution >= 0.6 is 22.9 Å². The normalized spacial score (nSPS) is 16.2. The summed E-state index contributed by atoms with van der Waals surface area (Å²) in [6, 6.07) is 5.09. The number of aromatic nitrogens is 1. The van der Waals surface area contributed by atoms with Gasteiger partial charge in [-0.15, -0.1) is 11.3 Å². The van der Waals surface area contributed by atoms with E-state index in [-0.39, 0.29) is 0 Å². The molecule has 0 saturated carbocycles. The first-order chi connectivity index (χ1) is 12.1. The van der Waals surface area contributed by atoms with Gasteiger partial charge < -0.3 is 5.11 Å². The molecule has 1 saturated heterocycles. The number of nitrogens with zero attached hydrogens (tertiary/aromatic N) is 2. The van der Waals surface area contributed by atoms with Crippen LogP contribution in [0.1, 0.15) is 46.4 Å². The van der Waals surface area contributed by atoms with E-state index in [2.05, 4.69) is 22.2 Å². The molecule has 1 aliphatic heterocycles. The van der Waals surface area contributed by atoms with Crippen molar-refractivity contribution in [1.29, 1.82) is 0 Å². The van der Waals surface area contributed by atoms with E-state index in [1.54, 1.807) is 29.5 Å². The third-order valence-electron chi connectivity index (χ3n) is 4.86. The number of aryl methyl sites for hydroxylation is 1. The van der Waals surface area contributed by atoms with Crippen LogP contribution in [0.15, 0.2) is 23.6 Å². The van der Waals surface area contributed by atoms with Crippen LogP contribution in [-0.2, 0) is 19.4 Å². The van der Waals surface area contributed by atoms with Gasteiger partial charge in [0.1, 0.15) is 0 Å². The number of thiazole rings is 1. The minimum absolute atomic E-state index is 0.310. The van der Waals surface area contributed by atoms with Crippen LogP contribution in [0.5, 0.6) is 0 Å². The number of halogens is 1. The van der Waals surface area contributed by atoms with Gasteiger partial charge in [0.05, 0.1) is 16.3 Å². The fraction of sp³-hybridized carbons (Fsp3) is 0.474. The molecule has 0 radical (unpaired) electrons. The van der Waals surface area contributed by atoms with Crippen LogP contribution in [0.2, 0.25) is 5.02 Å².